The number of hydrogen-bond donors (Lipinski definition) is 1. The molecule has 0 spiro atoms. The molecule has 0 radical (unpaired) electrons. The molecular formula is C19H13BrN4O. The third-order valence-corrected chi connectivity index (χ3v) is 4.11. The summed E-state index contributed by atoms with van der Waals surface area (Å²) in [6.45, 7) is 0. The number of para-hydroxylation sites is 2. The molecular weight excluding hydrogens is 380 g/mol. The van der Waals surface area contributed by atoms with Crippen LogP contribution >= 0.6 is 15.9 Å². The molecule has 0 fully saturated rings. The maximum Gasteiger partial charge on any atom is 0.266 e. The van der Waals surface area contributed by atoms with Gasteiger partial charge in [0.2, 0.25) is 0 Å². The molecule has 6 heteroatoms. The first-order chi connectivity index (χ1) is 12.2. The van der Waals surface area contributed by atoms with Gasteiger partial charge in [0.1, 0.15) is 11.6 Å². The number of aromatic nitrogens is 2. The van der Waals surface area contributed by atoms with E-state index >= 15 is 0 Å². The molecule has 1 amide bonds. The van der Waals surface area contributed by atoms with Crippen molar-refractivity contribution < 1.29 is 4.79 Å². The molecule has 5 nitrogen and oxygen atoms in total. The molecule has 0 unspecified atom stereocenters. The molecule has 2 aromatic carbocycles. The van der Waals surface area contributed by atoms with Crippen molar-refractivity contribution in [2.24, 2.45) is 0 Å². The summed E-state index contributed by atoms with van der Waals surface area (Å²) in [6, 6.07) is 18.8. The van der Waals surface area contributed by atoms with Crippen molar-refractivity contribution >= 4 is 33.6 Å². The number of carbonyl (C=O) groups is 1. The van der Waals surface area contributed by atoms with Gasteiger partial charge >= 0.3 is 0 Å². The normalized spacial score (nSPS) is 11.0. The lowest BCUT2D eigenvalue weighted by molar-refractivity contribution is -0.112. The first-order valence-electron chi connectivity index (χ1n) is 7.45. The molecule has 1 N–H and O–H groups in total. The summed E-state index contributed by atoms with van der Waals surface area (Å²) in [6.07, 6.45) is 4.88. The SMILES string of the molecule is N#CC(=Cc1cnn(-c2ccccc2)c1)C(=O)Nc1ccccc1Br. The van der Waals surface area contributed by atoms with Gasteiger partial charge in [0, 0.05) is 16.2 Å². The van der Waals surface area contributed by atoms with Crippen molar-refractivity contribution in [2.45, 2.75) is 0 Å². The van der Waals surface area contributed by atoms with Crippen LogP contribution in [0.3, 0.4) is 0 Å². The minimum Gasteiger partial charge on any atom is -0.320 e. The highest BCUT2D eigenvalue weighted by atomic mass is 79.9. The Morgan fingerprint density at radius 1 is 1.16 bits per heavy atom. The van der Waals surface area contributed by atoms with E-state index in [0.29, 0.717) is 11.3 Å². The highest BCUT2D eigenvalue weighted by molar-refractivity contribution is 9.10. The Labute approximate surface area is 153 Å². The summed E-state index contributed by atoms with van der Waals surface area (Å²) in [7, 11) is 0. The fraction of sp³-hybridized carbons (Fsp3) is 0. The number of nitriles is 1. The molecule has 0 saturated heterocycles. The van der Waals surface area contributed by atoms with Crippen LogP contribution in [0.25, 0.3) is 11.8 Å². The van der Waals surface area contributed by atoms with Gasteiger partial charge in [-0.05, 0) is 46.3 Å². The van der Waals surface area contributed by atoms with Crippen LogP contribution in [0.15, 0.2) is 77.0 Å². The van der Waals surface area contributed by atoms with Gasteiger partial charge in [-0.15, -0.1) is 0 Å². The predicted molar refractivity (Wildman–Crippen MR) is 99.9 cm³/mol. The number of carbonyl (C=O) groups excluding carboxylic acids is 1. The van der Waals surface area contributed by atoms with Gasteiger partial charge in [0.15, 0.2) is 0 Å². The molecule has 0 saturated carbocycles. The van der Waals surface area contributed by atoms with Crippen LogP contribution in [-0.4, -0.2) is 15.7 Å². The second-order valence-corrected chi connectivity index (χ2v) is 6.01. The summed E-state index contributed by atoms with van der Waals surface area (Å²) >= 11 is 3.36. The molecule has 0 bridgehead atoms. The van der Waals surface area contributed by atoms with E-state index in [2.05, 4.69) is 26.3 Å². The molecule has 0 atom stereocenters. The number of amides is 1. The average Bonchev–Trinajstić information content (AvgIpc) is 3.11. The zero-order chi connectivity index (χ0) is 17.6. The standard InChI is InChI=1S/C19H13BrN4O/c20-17-8-4-5-9-18(17)23-19(25)15(11-21)10-14-12-22-24(13-14)16-6-2-1-3-7-16/h1-10,12-13H,(H,23,25). The summed E-state index contributed by atoms with van der Waals surface area (Å²) in [5.74, 6) is -0.470. The van der Waals surface area contributed by atoms with E-state index in [9.17, 15) is 10.1 Å². The number of rotatable bonds is 4. The minimum atomic E-state index is -0.470. The Morgan fingerprint density at radius 3 is 2.60 bits per heavy atom. The number of benzene rings is 2. The van der Waals surface area contributed by atoms with Crippen LogP contribution in [0.1, 0.15) is 5.56 Å². The minimum absolute atomic E-state index is 0.00312. The largest absolute Gasteiger partial charge is 0.320 e. The molecule has 122 valence electrons. The molecule has 0 aliphatic heterocycles. The highest BCUT2D eigenvalue weighted by Crippen LogP contribution is 2.22. The quantitative estimate of drug-likeness (QED) is 0.534. The van der Waals surface area contributed by atoms with Crippen molar-refractivity contribution in [3.63, 3.8) is 0 Å². The molecule has 1 aromatic heterocycles. The van der Waals surface area contributed by atoms with Crippen molar-refractivity contribution in [3.05, 3.63) is 82.6 Å². The first-order valence-corrected chi connectivity index (χ1v) is 8.24. The molecule has 0 aliphatic carbocycles. The van der Waals surface area contributed by atoms with Crippen LogP contribution in [0, 0.1) is 11.3 Å². The number of anilines is 1. The van der Waals surface area contributed by atoms with Gasteiger partial charge in [0.25, 0.3) is 5.91 Å². The van der Waals surface area contributed by atoms with Gasteiger partial charge in [-0.2, -0.15) is 10.4 Å². The van der Waals surface area contributed by atoms with Gasteiger partial charge in [-0.25, -0.2) is 4.68 Å². The lowest BCUT2D eigenvalue weighted by Gasteiger charge is -2.05. The fourth-order valence-electron chi connectivity index (χ4n) is 2.20. The highest BCUT2D eigenvalue weighted by Gasteiger charge is 2.11. The Morgan fingerprint density at radius 2 is 1.88 bits per heavy atom. The van der Waals surface area contributed by atoms with Gasteiger partial charge in [-0.1, -0.05) is 30.3 Å². The van der Waals surface area contributed by atoms with E-state index in [1.807, 2.05) is 48.5 Å². The molecule has 1 heterocycles. The van der Waals surface area contributed by atoms with E-state index in [-0.39, 0.29) is 5.57 Å². The van der Waals surface area contributed by atoms with E-state index in [4.69, 9.17) is 0 Å². The second kappa shape index (κ2) is 7.60. The molecule has 3 aromatic rings. The van der Waals surface area contributed by atoms with Crippen LogP contribution in [0.5, 0.6) is 0 Å². The Bertz CT molecular complexity index is 970. The van der Waals surface area contributed by atoms with Crippen molar-refractivity contribution in [1.29, 1.82) is 5.26 Å². The zero-order valence-corrected chi connectivity index (χ0v) is 14.6. The molecule has 0 aliphatic rings. The molecule has 25 heavy (non-hydrogen) atoms. The average molecular weight is 393 g/mol. The number of nitrogens with one attached hydrogen (secondary N) is 1. The van der Waals surface area contributed by atoms with Gasteiger partial charge in [-0.3, -0.25) is 4.79 Å². The summed E-state index contributed by atoms with van der Waals surface area (Å²) in [5.41, 5.74) is 2.18. The maximum absolute atomic E-state index is 12.3. The van der Waals surface area contributed by atoms with E-state index < -0.39 is 5.91 Å². The second-order valence-electron chi connectivity index (χ2n) is 5.16. The Hall–Kier alpha value is -3.17. The Balaban J connectivity index is 1.81. The number of halogens is 1. The van der Waals surface area contributed by atoms with E-state index in [0.717, 1.165) is 10.2 Å². The van der Waals surface area contributed by atoms with Crippen molar-refractivity contribution in [3.8, 4) is 11.8 Å². The maximum atomic E-state index is 12.3. The van der Waals surface area contributed by atoms with Crippen LogP contribution in [0.4, 0.5) is 5.69 Å². The van der Waals surface area contributed by atoms with Crippen LogP contribution in [-0.2, 0) is 4.79 Å². The van der Waals surface area contributed by atoms with Gasteiger partial charge < -0.3 is 5.32 Å². The number of nitrogens with zero attached hydrogens (tertiary/aromatic N) is 3. The van der Waals surface area contributed by atoms with E-state index in [1.54, 1.807) is 29.2 Å². The molecule has 3 rings (SSSR count). The predicted octanol–water partition coefficient (Wildman–Crippen LogP) is 4.18. The smallest absolute Gasteiger partial charge is 0.266 e. The lowest BCUT2D eigenvalue weighted by Crippen LogP contribution is -2.13. The van der Waals surface area contributed by atoms with Crippen LogP contribution < -0.4 is 5.32 Å². The summed E-state index contributed by atoms with van der Waals surface area (Å²) in [5, 5.41) is 16.3. The van der Waals surface area contributed by atoms with Crippen LogP contribution in [0.2, 0.25) is 0 Å². The summed E-state index contributed by atoms with van der Waals surface area (Å²) < 4.78 is 2.43. The van der Waals surface area contributed by atoms with Gasteiger partial charge in [0.05, 0.1) is 17.6 Å². The summed E-state index contributed by atoms with van der Waals surface area (Å²) in [4.78, 5) is 12.3. The van der Waals surface area contributed by atoms with Crippen molar-refractivity contribution in [1.82, 2.24) is 9.78 Å². The topological polar surface area (TPSA) is 70.7 Å². The monoisotopic (exact) mass is 392 g/mol. The fourth-order valence-corrected chi connectivity index (χ4v) is 2.58. The third-order valence-electron chi connectivity index (χ3n) is 3.42. The Kier molecular flexibility index (Phi) is 5.07. The zero-order valence-electron chi connectivity index (χ0n) is 13.1. The van der Waals surface area contributed by atoms with Crippen molar-refractivity contribution in [2.75, 3.05) is 5.32 Å². The lowest BCUT2D eigenvalue weighted by atomic mass is 10.2. The first kappa shape index (κ1) is 16.7. The van der Waals surface area contributed by atoms with E-state index in [1.165, 1.54) is 6.08 Å². The number of hydrogen-bond acceptors (Lipinski definition) is 3. The third kappa shape index (κ3) is 4.03.